The zero-order chi connectivity index (χ0) is 31.7. The van der Waals surface area contributed by atoms with Crippen molar-refractivity contribution in [2.45, 2.75) is 107 Å². The van der Waals surface area contributed by atoms with Crippen LogP contribution in [0.25, 0.3) is 22.5 Å². The molecule has 2 fully saturated rings. The second kappa shape index (κ2) is 13.1. The lowest BCUT2D eigenvalue weighted by Crippen LogP contribution is -2.27. The van der Waals surface area contributed by atoms with Gasteiger partial charge < -0.3 is 23.7 Å². The number of nitrogens with zero attached hydrogens (tertiary/aromatic N) is 6. The molecule has 4 aromatic rings. The minimum atomic E-state index is -0.999. The molecular formula is C36H45FN6O3. The standard InChI is InChI=1S/C18H22FN3O.C18H23N3O2/c1-23-16-6-5-13-15-11-20-12-22(15)14(17(13)21-16)7-10-18(19)8-3-2-4-9-18;1-23-17-8-7-13-15-10-19-11-21(15)14(18(13)20-17)9-16(22)12-5-3-2-4-6-12/h5-6,11-12,14H,2-4,7-10H2,1H3;7-8,10-12,14,16,22H,2-6,9H2,1H3/t14-;/m0./s1. The molecule has 46 heavy (non-hydrogen) atoms. The van der Waals surface area contributed by atoms with Gasteiger partial charge in [0.1, 0.15) is 5.67 Å². The molecule has 0 amide bonds. The van der Waals surface area contributed by atoms with E-state index >= 15 is 0 Å². The van der Waals surface area contributed by atoms with Crippen LogP contribution in [-0.2, 0) is 0 Å². The molecule has 8 rings (SSSR count). The highest BCUT2D eigenvalue weighted by Crippen LogP contribution is 2.45. The number of fused-ring (bicyclic) bond motifs is 6. The first-order chi connectivity index (χ1) is 22.5. The predicted molar refractivity (Wildman–Crippen MR) is 174 cm³/mol. The Bertz CT molecular complexity index is 1640. The molecule has 0 radical (unpaired) electrons. The normalized spacial score (nSPS) is 21.7. The Morgan fingerprint density at radius 2 is 1.35 bits per heavy atom. The van der Waals surface area contributed by atoms with Crippen molar-refractivity contribution in [3.8, 4) is 34.3 Å². The van der Waals surface area contributed by atoms with E-state index in [-0.39, 0.29) is 18.2 Å². The van der Waals surface area contributed by atoms with Crippen LogP contribution in [0.5, 0.6) is 11.8 Å². The van der Waals surface area contributed by atoms with Gasteiger partial charge in [-0.15, -0.1) is 0 Å². The highest BCUT2D eigenvalue weighted by atomic mass is 19.1. The zero-order valence-corrected chi connectivity index (χ0v) is 26.9. The summed E-state index contributed by atoms with van der Waals surface area (Å²) >= 11 is 0. The maximum absolute atomic E-state index is 15.0. The number of hydrogen-bond donors (Lipinski definition) is 1. The van der Waals surface area contributed by atoms with Gasteiger partial charge in [-0.05, 0) is 56.6 Å². The first-order valence-corrected chi connectivity index (χ1v) is 17.0. The number of alkyl halides is 1. The number of rotatable bonds is 8. The molecule has 0 saturated heterocycles. The molecule has 2 aliphatic heterocycles. The first-order valence-electron chi connectivity index (χ1n) is 17.0. The van der Waals surface area contributed by atoms with Crippen molar-refractivity contribution in [1.29, 1.82) is 0 Å². The molecule has 2 aliphatic carbocycles. The largest absolute Gasteiger partial charge is 0.481 e. The molecule has 10 heteroatoms. The molecule has 9 nitrogen and oxygen atoms in total. The summed E-state index contributed by atoms with van der Waals surface area (Å²) in [5.41, 5.74) is 5.32. The van der Waals surface area contributed by atoms with Crippen LogP contribution in [0.4, 0.5) is 4.39 Å². The van der Waals surface area contributed by atoms with Gasteiger partial charge in [0, 0.05) is 29.7 Å². The molecule has 3 atom stereocenters. The average Bonchev–Trinajstić information content (AvgIpc) is 3.88. The number of pyridine rings is 2. The number of aliphatic hydroxyl groups excluding tert-OH is 1. The smallest absolute Gasteiger partial charge is 0.213 e. The van der Waals surface area contributed by atoms with E-state index in [2.05, 4.69) is 29.1 Å². The van der Waals surface area contributed by atoms with Crippen LogP contribution in [0.15, 0.2) is 49.3 Å². The Morgan fingerprint density at radius 1 is 0.804 bits per heavy atom. The highest BCUT2D eigenvalue weighted by Gasteiger charge is 2.37. The SMILES string of the molecule is COc1ccc2c(n1)C(CC(O)C1CCCCC1)n1cncc1-2.COc1ccc2c(n1)[C@H](CCC1(F)CCCCC1)n1cncc1-2. The van der Waals surface area contributed by atoms with E-state index in [0.717, 1.165) is 66.0 Å². The summed E-state index contributed by atoms with van der Waals surface area (Å²) in [6.07, 6.45) is 19.9. The third-order valence-electron chi connectivity index (χ3n) is 10.7. The topological polar surface area (TPSA) is 100 Å². The number of methoxy groups -OCH3 is 2. The van der Waals surface area contributed by atoms with Crippen molar-refractivity contribution in [3.05, 3.63) is 60.7 Å². The number of aromatic nitrogens is 6. The molecule has 0 aromatic carbocycles. The van der Waals surface area contributed by atoms with Crippen molar-refractivity contribution in [2.24, 2.45) is 5.92 Å². The third kappa shape index (κ3) is 5.92. The van der Waals surface area contributed by atoms with Crippen molar-refractivity contribution in [2.75, 3.05) is 14.2 Å². The Balaban J connectivity index is 0.000000147. The van der Waals surface area contributed by atoms with Crippen LogP contribution in [0.1, 0.15) is 107 Å². The van der Waals surface area contributed by atoms with Gasteiger partial charge in [0.25, 0.3) is 0 Å². The Labute approximate surface area is 270 Å². The fourth-order valence-electron chi connectivity index (χ4n) is 8.14. The van der Waals surface area contributed by atoms with E-state index in [9.17, 15) is 9.50 Å². The molecule has 1 N–H and O–H groups in total. The fourth-order valence-corrected chi connectivity index (χ4v) is 8.14. The highest BCUT2D eigenvalue weighted by molar-refractivity contribution is 5.68. The van der Waals surface area contributed by atoms with E-state index in [0.29, 0.717) is 43.4 Å². The summed E-state index contributed by atoms with van der Waals surface area (Å²) in [5.74, 6) is 1.66. The van der Waals surface area contributed by atoms with Gasteiger partial charge in [-0.1, -0.05) is 38.5 Å². The minimum absolute atomic E-state index is 0.0505. The molecule has 0 spiro atoms. The Kier molecular flexibility index (Phi) is 8.81. The quantitative estimate of drug-likeness (QED) is 0.216. The summed E-state index contributed by atoms with van der Waals surface area (Å²) in [7, 11) is 3.26. The van der Waals surface area contributed by atoms with Crippen LogP contribution in [-0.4, -0.2) is 60.2 Å². The van der Waals surface area contributed by atoms with Gasteiger partial charge in [-0.2, -0.15) is 0 Å². The van der Waals surface area contributed by atoms with Gasteiger partial charge in [-0.3, -0.25) is 0 Å². The van der Waals surface area contributed by atoms with E-state index in [1.165, 1.54) is 25.7 Å². The third-order valence-corrected chi connectivity index (χ3v) is 10.7. The Morgan fingerprint density at radius 3 is 1.93 bits per heavy atom. The van der Waals surface area contributed by atoms with Gasteiger partial charge in [-0.25, -0.2) is 24.3 Å². The van der Waals surface area contributed by atoms with Crippen LogP contribution < -0.4 is 9.47 Å². The molecule has 2 unspecified atom stereocenters. The monoisotopic (exact) mass is 628 g/mol. The van der Waals surface area contributed by atoms with Crippen molar-refractivity contribution in [3.63, 3.8) is 0 Å². The number of ether oxygens (including phenoxy) is 2. The number of aliphatic hydroxyl groups is 1. The van der Waals surface area contributed by atoms with Crippen molar-refractivity contribution >= 4 is 0 Å². The summed E-state index contributed by atoms with van der Waals surface area (Å²) in [5, 5.41) is 10.8. The molecule has 4 aliphatic rings. The summed E-state index contributed by atoms with van der Waals surface area (Å²) in [4.78, 5) is 17.8. The lowest BCUT2D eigenvalue weighted by Gasteiger charge is -2.30. The second-order valence-electron chi connectivity index (χ2n) is 13.4. The maximum Gasteiger partial charge on any atom is 0.213 e. The second-order valence-corrected chi connectivity index (χ2v) is 13.4. The van der Waals surface area contributed by atoms with Crippen molar-refractivity contribution in [1.82, 2.24) is 29.1 Å². The van der Waals surface area contributed by atoms with E-state index in [1.54, 1.807) is 14.2 Å². The summed E-state index contributed by atoms with van der Waals surface area (Å²) < 4.78 is 29.8. The number of halogens is 1. The van der Waals surface area contributed by atoms with Gasteiger partial charge >= 0.3 is 0 Å². The molecule has 2 saturated carbocycles. The zero-order valence-electron chi connectivity index (χ0n) is 26.9. The molecular weight excluding hydrogens is 583 g/mol. The number of hydrogen-bond acceptors (Lipinski definition) is 7. The van der Waals surface area contributed by atoms with Crippen molar-refractivity contribution < 1.29 is 19.0 Å². The van der Waals surface area contributed by atoms with Crippen LogP contribution >= 0.6 is 0 Å². The molecule has 0 bridgehead atoms. The van der Waals surface area contributed by atoms with Crippen LogP contribution in [0, 0.1) is 5.92 Å². The maximum atomic E-state index is 15.0. The summed E-state index contributed by atoms with van der Waals surface area (Å²) in [6, 6.07) is 7.94. The van der Waals surface area contributed by atoms with Gasteiger partial charge in [0.15, 0.2) is 0 Å². The molecule has 244 valence electrons. The van der Waals surface area contributed by atoms with E-state index in [4.69, 9.17) is 9.47 Å². The lowest BCUT2D eigenvalue weighted by molar-refractivity contribution is 0.0682. The molecule has 4 aromatic heterocycles. The van der Waals surface area contributed by atoms with Gasteiger partial charge in [0.05, 0.1) is 80.2 Å². The van der Waals surface area contributed by atoms with Crippen LogP contribution in [0.3, 0.4) is 0 Å². The Hall–Kier alpha value is -3.79. The molecule has 6 heterocycles. The lowest BCUT2D eigenvalue weighted by atomic mass is 9.82. The average molecular weight is 629 g/mol. The van der Waals surface area contributed by atoms with E-state index in [1.807, 2.05) is 49.3 Å². The predicted octanol–water partition coefficient (Wildman–Crippen LogP) is 7.50. The van der Waals surface area contributed by atoms with E-state index < -0.39 is 5.67 Å². The van der Waals surface area contributed by atoms with Crippen LogP contribution in [0.2, 0.25) is 0 Å². The van der Waals surface area contributed by atoms with Gasteiger partial charge in [0.2, 0.25) is 11.8 Å². The first kappa shape index (κ1) is 30.8. The minimum Gasteiger partial charge on any atom is -0.481 e. The summed E-state index contributed by atoms with van der Waals surface area (Å²) in [6.45, 7) is 0. The number of imidazole rings is 2. The fraction of sp³-hybridized carbons (Fsp3) is 0.556.